The number of anilines is 2. The van der Waals surface area contributed by atoms with E-state index in [0.717, 1.165) is 16.6 Å². The van der Waals surface area contributed by atoms with Crippen LogP contribution in [0.3, 0.4) is 0 Å². The zero-order chi connectivity index (χ0) is 19.5. The number of carbonyl (C=O) groups is 1. The Bertz CT molecular complexity index is 931. The molecule has 0 aliphatic heterocycles. The van der Waals surface area contributed by atoms with E-state index in [1.54, 1.807) is 24.3 Å². The van der Waals surface area contributed by atoms with Gasteiger partial charge in [0.15, 0.2) is 0 Å². The Kier molecular flexibility index (Phi) is 5.83. The monoisotopic (exact) mass is 397 g/mol. The van der Waals surface area contributed by atoms with Crippen molar-refractivity contribution in [2.45, 2.75) is 13.0 Å². The maximum Gasteiger partial charge on any atom is 0.271 e. The van der Waals surface area contributed by atoms with Gasteiger partial charge in [-0.1, -0.05) is 17.7 Å². The van der Waals surface area contributed by atoms with Crippen molar-refractivity contribution in [3.63, 3.8) is 0 Å². The summed E-state index contributed by atoms with van der Waals surface area (Å²) in [6, 6.07) is 10.3. The lowest BCUT2D eigenvalue weighted by molar-refractivity contribution is -0.384. The molecular formula is C16H16ClN3O5S. The predicted octanol–water partition coefficient (Wildman–Crippen LogP) is 3.04. The lowest BCUT2D eigenvalue weighted by Gasteiger charge is -2.28. The van der Waals surface area contributed by atoms with E-state index in [9.17, 15) is 23.3 Å². The number of hydrogen-bond acceptors (Lipinski definition) is 5. The third-order valence-corrected chi connectivity index (χ3v) is 4.99. The molecule has 0 bridgehead atoms. The number of benzene rings is 2. The highest BCUT2D eigenvalue weighted by Crippen LogP contribution is 2.26. The van der Waals surface area contributed by atoms with Crippen LogP contribution in [0.2, 0.25) is 5.02 Å². The van der Waals surface area contributed by atoms with Crippen molar-refractivity contribution < 1.29 is 18.1 Å². The van der Waals surface area contributed by atoms with Crippen molar-refractivity contribution in [3.05, 3.63) is 63.7 Å². The first kappa shape index (κ1) is 19.7. The number of non-ortho nitro benzene ring substituents is 1. The Labute approximate surface area is 155 Å². The average molecular weight is 398 g/mol. The van der Waals surface area contributed by atoms with Gasteiger partial charge in [0.1, 0.15) is 6.04 Å². The van der Waals surface area contributed by atoms with Gasteiger partial charge < -0.3 is 5.32 Å². The summed E-state index contributed by atoms with van der Waals surface area (Å²) in [6.07, 6.45) is 0.928. The van der Waals surface area contributed by atoms with Gasteiger partial charge in [0.05, 0.1) is 16.9 Å². The topological polar surface area (TPSA) is 110 Å². The number of nitro groups is 1. The number of nitro benzene ring substituents is 1. The van der Waals surface area contributed by atoms with Crippen molar-refractivity contribution in [1.29, 1.82) is 0 Å². The van der Waals surface area contributed by atoms with Crippen LogP contribution in [0.1, 0.15) is 6.92 Å². The van der Waals surface area contributed by atoms with Crippen LogP contribution in [0.15, 0.2) is 48.5 Å². The van der Waals surface area contributed by atoms with Gasteiger partial charge in [-0.05, 0) is 37.3 Å². The summed E-state index contributed by atoms with van der Waals surface area (Å²) in [5.41, 5.74) is 0.195. The summed E-state index contributed by atoms with van der Waals surface area (Å²) in [5.74, 6) is -0.593. The first-order valence-corrected chi connectivity index (χ1v) is 9.62. The van der Waals surface area contributed by atoms with E-state index in [4.69, 9.17) is 11.6 Å². The van der Waals surface area contributed by atoms with Crippen molar-refractivity contribution in [1.82, 2.24) is 0 Å². The Morgan fingerprint density at radius 1 is 1.23 bits per heavy atom. The standard InChI is InChI=1S/C16H16ClN3O5S/c1-11(16(21)18-13-8-6-12(17)7-9-13)19(26(2,24)25)14-4-3-5-15(10-14)20(22)23/h3-11H,1-2H3,(H,18,21)/t11-/m1/s1. The molecule has 0 fully saturated rings. The van der Waals surface area contributed by atoms with Crippen molar-refractivity contribution in [3.8, 4) is 0 Å². The lowest BCUT2D eigenvalue weighted by atomic mass is 10.2. The third-order valence-electron chi connectivity index (χ3n) is 3.50. The van der Waals surface area contributed by atoms with Crippen LogP contribution in [0.25, 0.3) is 0 Å². The molecule has 0 saturated carbocycles. The van der Waals surface area contributed by atoms with E-state index in [-0.39, 0.29) is 11.4 Å². The molecule has 2 aromatic carbocycles. The maximum absolute atomic E-state index is 12.5. The van der Waals surface area contributed by atoms with Crippen LogP contribution in [-0.2, 0) is 14.8 Å². The Morgan fingerprint density at radius 2 is 1.85 bits per heavy atom. The summed E-state index contributed by atoms with van der Waals surface area (Å²) in [6.45, 7) is 1.39. The largest absolute Gasteiger partial charge is 0.324 e. The molecule has 0 heterocycles. The molecule has 10 heteroatoms. The van der Waals surface area contributed by atoms with Crippen LogP contribution >= 0.6 is 11.6 Å². The summed E-state index contributed by atoms with van der Waals surface area (Å²) in [5, 5.41) is 14.0. The highest BCUT2D eigenvalue weighted by Gasteiger charge is 2.30. The maximum atomic E-state index is 12.5. The first-order chi connectivity index (χ1) is 12.1. The Hall–Kier alpha value is -2.65. The molecule has 2 aromatic rings. The summed E-state index contributed by atoms with van der Waals surface area (Å²) < 4.78 is 25.3. The smallest absolute Gasteiger partial charge is 0.271 e. The number of halogens is 1. The number of sulfonamides is 1. The van der Waals surface area contributed by atoms with E-state index in [1.165, 1.54) is 25.1 Å². The van der Waals surface area contributed by atoms with E-state index >= 15 is 0 Å². The van der Waals surface area contributed by atoms with Crippen LogP contribution in [0.4, 0.5) is 17.1 Å². The fraction of sp³-hybridized carbons (Fsp3) is 0.188. The molecule has 1 atom stereocenters. The fourth-order valence-electron chi connectivity index (χ4n) is 2.33. The first-order valence-electron chi connectivity index (χ1n) is 7.40. The highest BCUT2D eigenvalue weighted by atomic mass is 35.5. The molecule has 0 aromatic heterocycles. The van der Waals surface area contributed by atoms with Gasteiger partial charge in [-0.2, -0.15) is 0 Å². The molecule has 1 N–H and O–H groups in total. The second-order valence-electron chi connectivity index (χ2n) is 5.51. The summed E-state index contributed by atoms with van der Waals surface area (Å²) >= 11 is 5.79. The van der Waals surface area contributed by atoms with Crippen LogP contribution in [0.5, 0.6) is 0 Å². The molecule has 0 aliphatic carbocycles. The molecule has 0 saturated heterocycles. The predicted molar refractivity (Wildman–Crippen MR) is 100.0 cm³/mol. The van der Waals surface area contributed by atoms with Crippen molar-refractivity contribution >= 4 is 44.6 Å². The number of nitrogens with one attached hydrogen (secondary N) is 1. The molecule has 8 nitrogen and oxygen atoms in total. The number of hydrogen-bond donors (Lipinski definition) is 1. The molecule has 0 spiro atoms. The SMILES string of the molecule is C[C@H](C(=O)Nc1ccc(Cl)cc1)N(c1cccc([N+](=O)[O-])c1)S(C)(=O)=O. The van der Waals surface area contributed by atoms with E-state index in [0.29, 0.717) is 10.7 Å². The van der Waals surface area contributed by atoms with Gasteiger partial charge in [-0.25, -0.2) is 8.42 Å². The van der Waals surface area contributed by atoms with E-state index in [1.807, 2.05) is 0 Å². The number of nitrogens with zero attached hydrogens (tertiary/aromatic N) is 2. The molecule has 138 valence electrons. The van der Waals surface area contributed by atoms with Crippen LogP contribution in [0, 0.1) is 10.1 Å². The second-order valence-corrected chi connectivity index (χ2v) is 7.80. The number of rotatable bonds is 6. The lowest BCUT2D eigenvalue weighted by Crippen LogP contribution is -2.45. The highest BCUT2D eigenvalue weighted by molar-refractivity contribution is 7.92. The van der Waals surface area contributed by atoms with Crippen LogP contribution in [-0.4, -0.2) is 31.5 Å². The average Bonchev–Trinajstić information content (AvgIpc) is 2.56. The minimum absolute atomic E-state index is 0.0282. The van der Waals surface area contributed by atoms with Gasteiger partial charge >= 0.3 is 0 Å². The third kappa shape index (κ3) is 4.70. The minimum atomic E-state index is -3.87. The normalized spacial score (nSPS) is 12.3. The molecule has 0 radical (unpaired) electrons. The molecule has 0 unspecified atom stereocenters. The Morgan fingerprint density at radius 3 is 2.38 bits per heavy atom. The fourth-order valence-corrected chi connectivity index (χ4v) is 3.63. The zero-order valence-electron chi connectivity index (χ0n) is 13.9. The summed E-state index contributed by atoms with van der Waals surface area (Å²) in [4.78, 5) is 22.8. The molecule has 2 rings (SSSR count). The van der Waals surface area contributed by atoms with E-state index < -0.39 is 26.9 Å². The molecule has 1 amide bonds. The van der Waals surface area contributed by atoms with Crippen molar-refractivity contribution in [2.24, 2.45) is 0 Å². The van der Waals surface area contributed by atoms with E-state index in [2.05, 4.69) is 5.32 Å². The minimum Gasteiger partial charge on any atom is -0.324 e. The van der Waals surface area contributed by atoms with Gasteiger partial charge in [0, 0.05) is 22.8 Å². The summed E-state index contributed by atoms with van der Waals surface area (Å²) in [7, 11) is -3.87. The van der Waals surface area contributed by atoms with Gasteiger partial charge in [-0.3, -0.25) is 19.2 Å². The quantitative estimate of drug-likeness (QED) is 0.595. The molecule has 0 aliphatic rings. The second kappa shape index (κ2) is 7.71. The van der Waals surface area contributed by atoms with Gasteiger partial charge in [0.2, 0.25) is 15.9 Å². The zero-order valence-corrected chi connectivity index (χ0v) is 15.5. The Balaban J connectivity index is 2.34. The van der Waals surface area contributed by atoms with Gasteiger partial charge in [0.25, 0.3) is 5.69 Å². The van der Waals surface area contributed by atoms with Crippen LogP contribution < -0.4 is 9.62 Å². The molecule has 26 heavy (non-hydrogen) atoms. The molecular weight excluding hydrogens is 382 g/mol. The number of amides is 1. The van der Waals surface area contributed by atoms with Gasteiger partial charge in [-0.15, -0.1) is 0 Å². The van der Waals surface area contributed by atoms with Crippen molar-refractivity contribution in [2.75, 3.05) is 15.9 Å². The number of carbonyl (C=O) groups excluding carboxylic acids is 1.